The second-order valence-electron chi connectivity index (χ2n) is 4.90. The van der Waals surface area contributed by atoms with Crippen LogP contribution in [0.15, 0.2) is 36.4 Å². The third-order valence-electron chi connectivity index (χ3n) is 3.40. The van der Waals surface area contributed by atoms with Crippen molar-refractivity contribution in [2.75, 3.05) is 7.11 Å². The van der Waals surface area contributed by atoms with E-state index in [1.54, 1.807) is 7.11 Å². The zero-order valence-corrected chi connectivity index (χ0v) is 12.0. The van der Waals surface area contributed by atoms with E-state index >= 15 is 0 Å². The van der Waals surface area contributed by atoms with Crippen LogP contribution in [0.25, 0.3) is 0 Å². The van der Waals surface area contributed by atoms with Crippen molar-refractivity contribution in [3.8, 4) is 5.75 Å². The summed E-state index contributed by atoms with van der Waals surface area (Å²) in [7, 11) is 1.57. The molecule has 0 aliphatic heterocycles. The molecular weight excluding hydrogens is 274 g/mol. The van der Waals surface area contributed by atoms with Gasteiger partial charge in [0.1, 0.15) is 17.4 Å². The Balaban J connectivity index is 2.32. The number of hydrazine groups is 1. The first kappa shape index (κ1) is 15.4. The molecule has 0 aliphatic carbocycles. The van der Waals surface area contributed by atoms with E-state index in [0.29, 0.717) is 17.7 Å². The monoisotopic (exact) mass is 292 g/mol. The molecule has 5 heteroatoms. The summed E-state index contributed by atoms with van der Waals surface area (Å²) >= 11 is 0. The highest BCUT2D eigenvalue weighted by atomic mass is 19.1. The fraction of sp³-hybridized carbons (Fsp3) is 0.250. The third-order valence-corrected chi connectivity index (χ3v) is 3.40. The molecule has 0 amide bonds. The number of nitrogens with two attached hydrogens (primary N) is 1. The first-order valence-corrected chi connectivity index (χ1v) is 6.59. The van der Waals surface area contributed by atoms with E-state index in [1.807, 2.05) is 25.1 Å². The third kappa shape index (κ3) is 3.56. The SMILES string of the molecule is COc1cc(C)ccc1C(Cc1ccc(F)cc1F)NN. The number of hydrogen-bond acceptors (Lipinski definition) is 3. The van der Waals surface area contributed by atoms with Crippen molar-refractivity contribution in [2.24, 2.45) is 5.84 Å². The van der Waals surface area contributed by atoms with Crippen molar-refractivity contribution in [1.29, 1.82) is 0 Å². The van der Waals surface area contributed by atoms with Crippen LogP contribution in [0.4, 0.5) is 8.78 Å². The van der Waals surface area contributed by atoms with Gasteiger partial charge in [-0.2, -0.15) is 0 Å². The highest BCUT2D eigenvalue weighted by Gasteiger charge is 2.17. The number of methoxy groups -OCH3 is 1. The minimum Gasteiger partial charge on any atom is -0.496 e. The maximum absolute atomic E-state index is 13.8. The van der Waals surface area contributed by atoms with Crippen LogP contribution in [0.1, 0.15) is 22.7 Å². The summed E-state index contributed by atoms with van der Waals surface area (Å²) in [5, 5.41) is 0. The molecule has 0 spiro atoms. The maximum atomic E-state index is 13.8. The van der Waals surface area contributed by atoms with Gasteiger partial charge in [0.15, 0.2) is 0 Å². The molecule has 21 heavy (non-hydrogen) atoms. The minimum atomic E-state index is -0.596. The first-order valence-electron chi connectivity index (χ1n) is 6.59. The molecule has 3 nitrogen and oxygen atoms in total. The van der Waals surface area contributed by atoms with Crippen LogP contribution in [-0.4, -0.2) is 7.11 Å². The van der Waals surface area contributed by atoms with Gasteiger partial charge in [0, 0.05) is 11.6 Å². The number of halogens is 2. The highest BCUT2D eigenvalue weighted by molar-refractivity contribution is 5.40. The first-order chi connectivity index (χ1) is 10.0. The van der Waals surface area contributed by atoms with Crippen LogP contribution in [0, 0.1) is 18.6 Å². The van der Waals surface area contributed by atoms with Crippen LogP contribution in [0.3, 0.4) is 0 Å². The largest absolute Gasteiger partial charge is 0.496 e. The quantitative estimate of drug-likeness (QED) is 0.658. The number of nitrogens with one attached hydrogen (secondary N) is 1. The van der Waals surface area contributed by atoms with Crippen molar-refractivity contribution < 1.29 is 13.5 Å². The predicted molar refractivity (Wildman–Crippen MR) is 77.9 cm³/mol. The Labute approximate surface area is 122 Å². The lowest BCUT2D eigenvalue weighted by Crippen LogP contribution is -2.30. The molecule has 2 aromatic carbocycles. The van der Waals surface area contributed by atoms with Gasteiger partial charge in [-0.1, -0.05) is 18.2 Å². The molecule has 2 rings (SSSR count). The molecule has 0 radical (unpaired) electrons. The molecule has 0 heterocycles. The molecule has 1 unspecified atom stereocenters. The van der Waals surface area contributed by atoms with Gasteiger partial charge in [0.25, 0.3) is 0 Å². The molecule has 2 aromatic rings. The van der Waals surface area contributed by atoms with Gasteiger partial charge in [-0.25, -0.2) is 8.78 Å². The van der Waals surface area contributed by atoms with E-state index in [0.717, 1.165) is 17.2 Å². The average Bonchev–Trinajstić information content (AvgIpc) is 2.47. The lowest BCUT2D eigenvalue weighted by atomic mass is 9.97. The second kappa shape index (κ2) is 6.65. The Kier molecular flexibility index (Phi) is 4.88. The molecule has 0 aliphatic rings. The Morgan fingerprint density at radius 1 is 1.19 bits per heavy atom. The van der Waals surface area contributed by atoms with Crippen molar-refractivity contribution in [3.05, 3.63) is 64.7 Å². The van der Waals surface area contributed by atoms with Crippen LogP contribution < -0.4 is 16.0 Å². The molecule has 112 valence electrons. The van der Waals surface area contributed by atoms with Crippen molar-refractivity contribution in [2.45, 2.75) is 19.4 Å². The average molecular weight is 292 g/mol. The number of aryl methyl sites for hydroxylation is 1. The lowest BCUT2D eigenvalue weighted by Gasteiger charge is -2.20. The molecule has 1 atom stereocenters. The van der Waals surface area contributed by atoms with Crippen LogP contribution in [0.5, 0.6) is 5.75 Å². The molecule has 0 saturated carbocycles. The summed E-state index contributed by atoms with van der Waals surface area (Å²) in [5.41, 5.74) is 4.94. The van der Waals surface area contributed by atoms with Gasteiger partial charge in [-0.05, 0) is 36.6 Å². The van der Waals surface area contributed by atoms with Gasteiger partial charge in [-0.3, -0.25) is 11.3 Å². The molecular formula is C16H18F2N2O. The van der Waals surface area contributed by atoms with Crippen molar-refractivity contribution in [1.82, 2.24) is 5.43 Å². The summed E-state index contributed by atoms with van der Waals surface area (Å²) in [4.78, 5) is 0. The summed E-state index contributed by atoms with van der Waals surface area (Å²) < 4.78 is 32.1. The van der Waals surface area contributed by atoms with E-state index in [1.165, 1.54) is 12.1 Å². The summed E-state index contributed by atoms with van der Waals surface area (Å²) in [5.74, 6) is 5.10. The summed E-state index contributed by atoms with van der Waals surface area (Å²) in [6.07, 6.45) is 0.294. The molecule has 0 fully saturated rings. The van der Waals surface area contributed by atoms with E-state index < -0.39 is 11.6 Å². The number of ether oxygens (including phenoxy) is 1. The molecule has 0 aromatic heterocycles. The smallest absolute Gasteiger partial charge is 0.129 e. The van der Waals surface area contributed by atoms with E-state index in [-0.39, 0.29) is 6.04 Å². The normalized spacial score (nSPS) is 12.2. The Morgan fingerprint density at radius 3 is 2.57 bits per heavy atom. The van der Waals surface area contributed by atoms with Crippen molar-refractivity contribution in [3.63, 3.8) is 0 Å². The fourth-order valence-corrected chi connectivity index (χ4v) is 2.27. The Hall–Kier alpha value is -1.98. The fourth-order valence-electron chi connectivity index (χ4n) is 2.27. The lowest BCUT2D eigenvalue weighted by molar-refractivity contribution is 0.398. The van der Waals surface area contributed by atoms with Gasteiger partial charge >= 0.3 is 0 Å². The Morgan fingerprint density at radius 2 is 1.95 bits per heavy atom. The van der Waals surface area contributed by atoms with Crippen LogP contribution in [0.2, 0.25) is 0 Å². The Bertz CT molecular complexity index is 632. The second-order valence-corrected chi connectivity index (χ2v) is 4.90. The number of benzene rings is 2. The van der Waals surface area contributed by atoms with Gasteiger partial charge < -0.3 is 4.74 Å². The summed E-state index contributed by atoms with van der Waals surface area (Å²) in [6.45, 7) is 1.96. The van der Waals surface area contributed by atoms with E-state index in [9.17, 15) is 8.78 Å². The highest BCUT2D eigenvalue weighted by Crippen LogP contribution is 2.29. The topological polar surface area (TPSA) is 47.3 Å². The number of hydrogen-bond donors (Lipinski definition) is 2. The zero-order valence-electron chi connectivity index (χ0n) is 12.0. The van der Waals surface area contributed by atoms with E-state index in [2.05, 4.69) is 5.43 Å². The van der Waals surface area contributed by atoms with Gasteiger partial charge in [0.2, 0.25) is 0 Å². The molecule has 0 saturated heterocycles. The van der Waals surface area contributed by atoms with Crippen molar-refractivity contribution >= 4 is 0 Å². The molecule has 0 bridgehead atoms. The number of rotatable bonds is 5. The summed E-state index contributed by atoms with van der Waals surface area (Å²) in [6, 6.07) is 8.91. The zero-order chi connectivity index (χ0) is 15.4. The van der Waals surface area contributed by atoms with Crippen LogP contribution in [-0.2, 0) is 6.42 Å². The van der Waals surface area contributed by atoms with Crippen LogP contribution >= 0.6 is 0 Å². The van der Waals surface area contributed by atoms with Gasteiger partial charge in [-0.15, -0.1) is 0 Å². The standard InChI is InChI=1S/C16H18F2N2O/c1-10-3-6-13(16(7-10)21-2)15(20-19)8-11-4-5-12(17)9-14(11)18/h3-7,9,15,20H,8,19H2,1-2H3. The predicted octanol–water partition coefficient (Wildman–Crippen LogP) is 3.03. The molecule has 3 N–H and O–H groups in total. The van der Waals surface area contributed by atoms with E-state index in [4.69, 9.17) is 10.6 Å². The van der Waals surface area contributed by atoms with Gasteiger partial charge in [0.05, 0.1) is 13.2 Å². The maximum Gasteiger partial charge on any atom is 0.129 e. The minimum absolute atomic E-state index is 0.294.